The van der Waals surface area contributed by atoms with Crippen molar-refractivity contribution < 1.29 is 0 Å². The maximum atomic E-state index is 2.53. The Balaban J connectivity index is 1.19. The Bertz CT molecular complexity index is 4070. The Kier molecular flexibility index (Phi) is 6.62. The molecule has 0 aliphatic heterocycles. The second-order valence-electron chi connectivity index (χ2n) is 16.6. The summed E-state index contributed by atoms with van der Waals surface area (Å²) in [6.07, 6.45) is 0. The zero-order valence-corrected chi connectivity index (χ0v) is 33.2. The molecule has 0 bridgehead atoms. The summed E-state index contributed by atoms with van der Waals surface area (Å²) in [4.78, 5) is 0. The predicted molar refractivity (Wildman–Crippen MR) is 262 cm³/mol. The summed E-state index contributed by atoms with van der Waals surface area (Å²) in [6.45, 7) is 0. The van der Waals surface area contributed by atoms with Crippen molar-refractivity contribution >= 4 is 97.2 Å². The summed E-state index contributed by atoms with van der Waals surface area (Å²) >= 11 is 0. The molecular formula is C60H35N. The standard InChI is InChI=1S/C60H35N/c1-4-17-36(18-5-1)53-50-35-49-40-24-11-10-23-39(40)42-26-14-29-46(56(42)49)58(50)54(37-19-6-2-7-20-37)60-47-30-15-27-43-41(33-34-48(55(43)47)59(53)60)44-28-16-32-52-57(44)45-25-12-13-31-51(45)61(52)38-21-8-3-9-22-38/h1-35H. The van der Waals surface area contributed by atoms with E-state index in [9.17, 15) is 0 Å². The molecular weight excluding hydrogens is 735 g/mol. The van der Waals surface area contributed by atoms with Crippen molar-refractivity contribution in [3.63, 3.8) is 0 Å². The molecule has 14 rings (SSSR count). The first-order valence-electron chi connectivity index (χ1n) is 21.3. The Morgan fingerprint density at radius 2 is 0.738 bits per heavy atom. The maximum absolute atomic E-state index is 2.53. The van der Waals surface area contributed by atoms with E-state index in [0.29, 0.717) is 0 Å². The third-order valence-corrected chi connectivity index (χ3v) is 13.6. The van der Waals surface area contributed by atoms with Crippen LogP contribution in [0.3, 0.4) is 0 Å². The van der Waals surface area contributed by atoms with Gasteiger partial charge in [-0.1, -0.05) is 182 Å². The number of benzene rings is 11. The second-order valence-corrected chi connectivity index (χ2v) is 16.6. The zero-order chi connectivity index (χ0) is 39.8. The Hall–Kier alpha value is -8.00. The van der Waals surface area contributed by atoms with Crippen molar-refractivity contribution in [2.45, 2.75) is 0 Å². The van der Waals surface area contributed by atoms with Crippen LogP contribution in [0.25, 0.3) is 136 Å². The minimum absolute atomic E-state index is 1.17. The van der Waals surface area contributed by atoms with Crippen LogP contribution in [-0.4, -0.2) is 4.57 Å². The van der Waals surface area contributed by atoms with E-state index in [0.717, 1.165) is 0 Å². The number of nitrogens with zero attached hydrogens (tertiary/aromatic N) is 1. The first-order valence-corrected chi connectivity index (χ1v) is 21.3. The average molecular weight is 770 g/mol. The number of hydrogen-bond acceptors (Lipinski definition) is 0. The molecule has 0 N–H and O–H groups in total. The average Bonchev–Trinajstić information content (AvgIpc) is 3.97. The Morgan fingerprint density at radius 3 is 1.49 bits per heavy atom. The van der Waals surface area contributed by atoms with Crippen molar-refractivity contribution in [2.75, 3.05) is 0 Å². The van der Waals surface area contributed by atoms with Gasteiger partial charge in [-0.25, -0.2) is 0 Å². The van der Waals surface area contributed by atoms with Crippen LogP contribution in [0.15, 0.2) is 212 Å². The highest BCUT2D eigenvalue weighted by molar-refractivity contribution is 6.45. The molecule has 280 valence electrons. The summed E-state index contributed by atoms with van der Waals surface area (Å²) < 4.78 is 2.42. The van der Waals surface area contributed by atoms with Crippen molar-refractivity contribution in [1.82, 2.24) is 4.57 Å². The minimum atomic E-state index is 1.17. The van der Waals surface area contributed by atoms with Crippen LogP contribution in [0.5, 0.6) is 0 Å². The third-order valence-electron chi connectivity index (χ3n) is 13.6. The molecule has 1 heteroatoms. The normalized spacial score (nSPS) is 12.3. The van der Waals surface area contributed by atoms with Crippen LogP contribution in [-0.2, 0) is 0 Å². The molecule has 13 aromatic carbocycles. The molecule has 0 fully saturated rings. The molecule has 0 radical (unpaired) electrons. The number of aromatic nitrogens is 1. The number of para-hydroxylation sites is 2. The van der Waals surface area contributed by atoms with E-state index in [-0.39, 0.29) is 0 Å². The van der Waals surface area contributed by atoms with E-state index >= 15 is 0 Å². The minimum Gasteiger partial charge on any atom is -0.309 e. The molecule has 61 heavy (non-hydrogen) atoms. The van der Waals surface area contributed by atoms with Crippen LogP contribution in [0.2, 0.25) is 0 Å². The largest absolute Gasteiger partial charge is 0.309 e. The van der Waals surface area contributed by atoms with E-state index in [1.165, 1.54) is 136 Å². The summed E-state index contributed by atoms with van der Waals surface area (Å²) in [5.41, 5.74) is 11.2. The van der Waals surface area contributed by atoms with Gasteiger partial charge in [0.25, 0.3) is 0 Å². The van der Waals surface area contributed by atoms with E-state index in [4.69, 9.17) is 0 Å². The van der Waals surface area contributed by atoms with Crippen molar-refractivity contribution in [3.8, 4) is 39.1 Å². The van der Waals surface area contributed by atoms with Gasteiger partial charge in [-0.2, -0.15) is 0 Å². The summed E-state index contributed by atoms with van der Waals surface area (Å²) in [5.74, 6) is 0. The molecule has 14 aromatic rings. The van der Waals surface area contributed by atoms with Gasteiger partial charge in [-0.05, 0) is 139 Å². The van der Waals surface area contributed by atoms with Crippen LogP contribution in [0.4, 0.5) is 0 Å². The van der Waals surface area contributed by atoms with Crippen molar-refractivity contribution in [3.05, 3.63) is 212 Å². The third kappa shape index (κ3) is 4.34. The molecule has 0 aliphatic carbocycles. The van der Waals surface area contributed by atoms with Crippen LogP contribution in [0, 0.1) is 0 Å². The Labute approximate surface area is 351 Å². The van der Waals surface area contributed by atoms with Gasteiger partial charge in [0.05, 0.1) is 11.0 Å². The molecule has 0 atom stereocenters. The zero-order valence-electron chi connectivity index (χ0n) is 33.2. The monoisotopic (exact) mass is 769 g/mol. The van der Waals surface area contributed by atoms with Gasteiger partial charge >= 0.3 is 0 Å². The highest BCUT2D eigenvalue weighted by atomic mass is 15.0. The fourth-order valence-corrected chi connectivity index (χ4v) is 11.3. The first-order chi connectivity index (χ1) is 30.3. The van der Waals surface area contributed by atoms with E-state index < -0.39 is 0 Å². The summed E-state index contributed by atoms with van der Waals surface area (Å²) in [5, 5.41) is 20.9. The molecule has 0 unspecified atom stereocenters. The second kappa shape index (κ2) is 12.3. The predicted octanol–water partition coefficient (Wildman–Crippen LogP) is 16.7. The van der Waals surface area contributed by atoms with Gasteiger partial charge in [0, 0.05) is 16.5 Å². The molecule has 1 nitrogen and oxygen atoms in total. The molecule has 0 amide bonds. The van der Waals surface area contributed by atoms with Crippen molar-refractivity contribution in [1.29, 1.82) is 0 Å². The molecule has 1 aromatic heterocycles. The lowest BCUT2D eigenvalue weighted by atomic mass is 9.84. The molecule has 0 saturated carbocycles. The smallest absolute Gasteiger partial charge is 0.0547 e. The lowest BCUT2D eigenvalue weighted by molar-refractivity contribution is 1.18. The quantitative estimate of drug-likeness (QED) is 0.157. The molecule has 1 heterocycles. The molecule has 0 spiro atoms. The van der Waals surface area contributed by atoms with Gasteiger partial charge in [-0.15, -0.1) is 0 Å². The fourth-order valence-electron chi connectivity index (χ4n) is 11.3. The van der Waals surface area contributed by atoms with Crippen LogP contribution in [0.1, 0.15) is 0 Å². The van der Waals surface area contributed by atoms with Gasteiger partial charge in [0.15, 0.2) is 0 Å². The number of rotatable bonds is 4. The first kappa shape index (κ1) is 32.9. The van der Waals surface area contributed by atoms with E-state index in [1.807, 2.05) is 0 Å². The number of hydrogen-bond donors (Lipinski definition) is 0. The van der Waals surface area contributed by atoms with Crippen molar-refractivity contribution in [2.24, 2.45) is 0 Å². The van der Waals surface area contributed by atoms with Gasteiger partial charge < -0.3 is 4.57 Å². The molecule has 0 aliphatic rings. The lowest BCUT2D eigenvalue weighted by Crippen LogP contribution is -1.93. The lowest BCUT2D eigenvalue weighted by Gasteiger charge is -2.19. The highest BCUT2D eigenvalue weighted by Crippen LogP contribution is 2.55. The maximum Gasteiger partial charge on any atom is 0.0547 e. The van der Waals surface area contributed by atoms with Gasteiger partial charge in [-0.3, -0.25) is 0 Å². The fraction of sp³-hybridized carbons (Fsp3) is 0. The SMILES string of the molecule is c1ccc(-c2c3cc4c5ccccc5c5cccc(c3c(-c3ccccc3)c3c6cccc7c(-c8cccc9c8c8ccccc8n9-c8ccccc8)ccc(c23)c76)c54)cc1. The number of fused-ring (bicyclic) bond motifs is 11. The topological polar surface area (TPSA) is 4.93 Å². The van der Waals surface area contributed by atoms with Gasteiger partial charge in [0.1, 0.15) is 0 Å². The van der Waals surface area contributed by atoms with Crippen LogP contribution < -0.4 is 0 Å². The molecule has 0 saturated heterocycles. The van der Waals surface area contributed by atoms with Crippen LogP contribution >= 0.6 is 0 Å². The van der Waals surface area contributed by atoms with E-state index in [2.05, 4.69) is 217 Å². The highest BCUT2D eigenvalue weighted by Gasteiger charge is 2.27. The Morgan fingerprint density at radius 1 is 0.230 bits per heavy atom. The van der Waals surface area contributed by atoms with Gasteiger partial charge in [0.2, 0.25) is 0 Å². The summed E-state index contributed by atoms with van der Waals surface area (Å²) in [6, 6.07) is 79.1. The van der Waals surface area contributed by atoms with E-state index in [1.54, 1.807) is 0 Å². The summed E-state index contributed by atoms with van der Waals surface area (Å²) in [7, 11) is 0.